The first kappa shape index (κ1) is 16.2. The van der Waals surface area contributed by atoms with Crippen LogP contribution in [-0.4, -0.2) is 36.0 Å². The highest BCUT2D eigenvalue weighted by molar-refractivity contribution is 5.77. The van der Waals surface area contributed by atoms with E-state index in [1.54, 1.807) is 6.07 Å². The van der Waals surface area contributed by atoms with Crippen molar-refractivity contribution < 1.29 is 9.69 Å². The Hall–Kier alpha value is -2.21. The maximum Gasteiger partial charge on any atom is 0.275 e. The van der Waals surface area contributed by atoms with Crippen molar-refractivity contribution in [2.45, 2.75) is 26.3 Å². The van der Waals surface area contributed by atoms with Crippen LogP contribution in [-0.2, 0) is 4.79 Å². The molecule has 1 heterocycles. The molecule has 1 aromatic carbocycles. The van der Waals surface area contributed by atoms with Crippen molar-refractivity contribution in [2.75, 3.05) is 20.1 Å². The topological polar surface area (TPSA) is 79.3 Å². The number of amides is 1. The Morgan fingerprint density at radius 1 is 1.41 bits per heavy atom. The summed E-state index contributed by atoms with van der Waals surface area (Å²) in [5, 5.41) is 3.44. The van der Waals surface area contributed by atoms with E-state index in [2.05, 4.69) is 15.3 Å². The molecule has 0 fully saturated rings. The number of rotatable bonds is 6. The number of hydrogen-bond donors (Lipinski definition) is 3. The second-order valence-electron chi connectivity index (χ2n) is 5.56. The Labute approximate surface area is 129 Å². The summed E-state index contributed by atoms with van der Waals surface area (Å²) in [6.07, 6.45) is 0.917. The second-order valence-corrected chi connectivity index (χ2v) is 5.56. The molecule has 6 nitrogen and oxygen atoms in total. The van der Waals surface area contributed by atoms with Gasteiger partial charge in [0.1, 0.15) is 6.04 Å². The van der Waals surface area contributed by atoms with Crippen LogP contribution < -0.4 is 15.8 Å². The Morgan fingerprint density at radius 3 is 2.86 bits per heavy atom. The van der Waals surface area contributed by atoms with Crippen molar-refractivity contribution in [2.24, 2.45) is 0 Å². The average molecular weight is 303 g/mol. The van der Waals surface area contributed by atoms with Crippen LogP contribution in [0.1, 0.15) is 32.1 Å². The molecule has 0 aliphatic heterocycles. The van der Waals surface area contributed by atoms with E-state index in [0.29, 0.717) is 29.8 Å². The number of hydrogen-bond acceptors (Lipinski definition) is 3. The normalized spacial score (nSPS) is 13.8. The van der Waals surface area contributed by atoms with Gasteiger partial charge in [-0.05, 0) is 25.5 Å². The van der Waals surface area contributed by atoms with Gasteiger partial charge in [0.05, 0.1) is 18.0 Å². The third-order valence-corrected chi connectivity index (χ3v) is 3.79. The zero-order valence-corrected chi connectivity index (χ0v) is 13.3. The summed E-state index contributed by atoms with van der Waals surface area (Å²) < 4.78 is 0. The molecule has 0 bridgehead atoms. The number of benzene rings is 1. The fourth-order valence-electron chi connectivity index (χ4n) is 2.28. The van der Waals surface area contributed by atoms with Gasteiger partial charge < -0.3 is 15.2 Å². The van der Waals surface area contributed by atoms with E-state index < -0.39 is 0 Å². The lowest BCUT2D eigenvalue weighted by Crippen LogP contribution is -3.10. The van der Waals surface area contributed by atoms with Crippen LogP contribution in [0.15, 0.2) is 29.1 Å². The number of nitrogens with one attached hydrogen (secondary N) is 3. The van der Waals surface area contributed by atoms with Gasteiger partial charge in [-0.15, -0.1) is 0 Å². The highest BCUT2D eigenvalue weighted by Crippen LogP contribution is 2.08. The number of aromatic nitrogens is 2. The highest BCUT2D eigenvalue weighted by Gasteiger charge is 2.21. The van der Waals surface area contributed by atoms with Crippen molar-refractivity contribution in [1.82, 2.24) is 15.3 Å². The Morgan fingerprint density at radius 2 is 2.14 bits per heavy atom. The average Bonchev–Trinajstić information content (AvgIpc) is 2.52. The predicted molar refractivity (Wildman–Crippen MR) is 85.8 cm³/mol. The molecule has 0 saturated heterocycles. The molecule has 1 unspecified atom stereocenters. The Kier molecular flexibility index (Phi) is 5.27. The number of carbonyl (C=O) groups is 1. The first-order chi connectivity index (χ1) is 10.5. The van der Waals surface area contributed by atoms with E-state index in [1.165, 1.54) is 0 Å². The van der Waals surface area contributed by atoms with Gasteiger partial charge in [0.15, 0.2) is 12.4 Å². The number of H-pyrrole nitrogens is 1. The van der Waals surface area contributed by atoms with Crippen LogP contribution in [0, 0.1) is 0 Å². The van der Waals surface area contributed by atoms with Gasteiger partial charge in [-0.3, -0.25) is 9.59 Å². The van der Waals surface area contributed by atoms with Crippen LogP contribution in [0.5, 0.6) is 0 Å². The number of likely N-dealkylation sites (N-methyl/N-ethyl adjacent to an activating group) is 1. The monoisotopic (exact) mass is 303 g/mol. The molecule has 118 valence electrons. The van der Waals surface area contributed by atoms with E-state index in [1.807, 2.05) is 39.1 Å². The maximum absolute atomic E-state index is 12.1. The molecular weight excluding hydrogens is 280 g/mol. The van der Waals surface area contributed by atoms with Crippen LogP contribution in [0.2, 0.25) is 0 Å². The summed E-state index contributed by atoms with van der Waals surface area (Å²) in [4.78, 5) is 32.2. The van der Waals surface area contributed by atoms with Crippen molar-refractivity contribution >= 4 is 16.8 Å². The number of fused-ring (bicyclic) bond motifs is 1. The standard InChI is InChI=1S/C16H22N4O2/c1-4-9-17-14(21)10-20(3)11(2)15-18-13-8-6-5-7-12(13)16(22)19-15/h5-8,11H,4,9-10H2,1-3H3,(H,17,21)(H,18,19,22)/p+1/t11-/m0/s1. The molecule has 1 aromatic heterocycles. The molecular formula is C16H23N4O2+. The number of quaternary nitrogens is 1. The molecule has 2 aromatic rings. The molecule has 0 aliphatic carbocycles. The lowest BCUT2D eigenvalue weighted by Gasteiger charge is -2.20. The molecule has 6 heteroatoms. The third kappa shape index (κ3) is 3.71. The van der Waals surface area contributed by atoms with Crippen molar-refractivity contribution in [3.05, 3.63) is 40.4 Å². The minimum absolute atomic E-state index is 0.00864. The predicted octanol–water partition coefficient (Wildman–Crippen LogP) is 0.0250. The quantitative estimate of drug-likeness (QED) is 0.704. The summed E-state index contributed by atoms with van der Waals surface area (Å²) in [5.41, 5.74) is 0.534. The Bertz CT molecular complexity index is 711. The minimum Gasteiger partial charge on any atom is -0.351 e. The first-order valence-corrected chi connectivity index (χ1v) is 7.61. The molecule has 2 rings (SSSR count). The van der Waals surface area contributed by atoms with Crippen LogP contribution in [0.25, 0.3) is 10.9 Å². The largest absolute Gasteiger partial charge is 0.351 e. The third-order valence-electron chi connectivity index (χ3n) is 3.79. The molecule has 3 N–H and O–H groups in total. The summed E-state index contributed by atoms with van der Waals surface area (Å²) in [7, 11) is 1.92. The lowest BCUT2D eigenvalue weighted by molar-refractivity contribution is -0.903. The summed E-state index contributed by atoms with van der Waals surface area (Å²) in [6.45, 7) is 5.00. The fourth-order valence-corrected chi connectivity index (χ4v) is 2.28. The Balaban J connectivity index is 2.16. The van der Waals surface area contributed by atoms with Crippen molar-refractivity contribution in [3.63, 3.8) is 0 Å². The van der Waals surface area contributed by atoms with Gasteiger partial charge in [0.2, 0.25) is 0 Å². The van der Waals surface area contributed by atoms with Gasteiger partial charge >= 0.3 is 0 Å². The smallest absolute Gasteiger partial charge is 0.275 e. The van der Waals surface area contributed by atoms with Crippen LogP contribution >= 0.6 is 0 Å². The zero-order valence-electron chi connectivity index (χ0n) is 13.3. The number of carbonyl (C=O) groups excluding carboxylic acids is 1. The highest BCUT2D eigenvalue weighted by atomic mass is 16.2. The first-order valence-electron chi connectivity index (χ1n) is 7.61. The molecule has 0 spiro atoms. The second kappa shape index (κ2) is 7.17. The number of para-hydroxylation sites is 1. The van der Waals surface area contributed by atoms with Crippen molar-refractivity contribution in [1.29, 1.82) is 0 Å². The van der Waals surface area contributed by atoms with Crippen LogP contribution in [0.3, 0.4) is 0 Å². The van der Waals surface area contributed by atoms with Gasteiger partial charge in [0, 0.05) is 6.54 Å². The SMILES string of the molecule is CCCNC(=O)C[NH+](C)[C@@H](C)c1nc2ccccc2c(=O)[nH]1. The van der Waals surface area contributed by atoms with Gasteiger partial charge in [-0.2, -0.15) is 0 Å². The van der Waals surface area contributed by atoms with Gasteiger partial charge in [-0.1, -0.05) is 19.1 Å². The molecule has 22 heavy (non-hydrogen) atoms. The zero-order chi connectivity index (χ0) is 16.1. The summed E-state index contributed by atoms with van der Waals surface area (Å²) in [5.74, 6) is 0.610. The molecule has 2 atom stereocenters. The van der Waals surface area contributed by atoms with E-state index in [9.17, 15) is 9.59 Å². The van der Waals surface area contributed by atoms with Crippen LogP contribution in [0.4, 0.5) is 0 Å². The fraction of sp³-hybridized carbons (Fsp3) is 0.438. The summed E-state index contributed by atoms with van der Waals surface area (Å²) in [6, 6.07) is 7.18. The number of aromatic amines is 1. The maximum atomic E-state index is 12.1. The summed E-state index contributed by atoms with van der Waals surface area (Å²) >= 11 is 0. The van der Waals surface area contributed by atoms with E-state index in [4.69, 9.17) is 0 Å². The number of nitrogens with zero attached hydrogens (tertiary/aromatic N) is 1. The lowest BCUT2D eigenvalue weighted by atomic mass is 10.2. The molecule has 0 aliphatic rings. The van der Waals surface area contributed by atoms with Crippen molar-refractivity contribution in [3.8, 4) is 0 Å². The van der Waals surface area contributed by atoms with E-state index >= 15 is 0 Å². The van der Waals surface area contributed by atoms with Gasteiger partial charge in [-0.25, -0.2) is 4.98 Å². The van der Waals surface area contributed by atoms with Gasteiger partial charge in [0.25, 0.3) is 11.5 Å². The molecule has 0 radical (unpaired) electrons. The molecule has 0 saturated carbocycles. The van der Waals surface area contributed by atoms with E-state index in [-0.39, 0.29) is 17.5 Å². The molecule has 1 amide bonds. The van der Waals surface area contributed by atoms with E-state index in [0.717, 1.165) is 11.3 Å². The minimum atomic E-state index is -0.143.